The van der Waals surface area contributed by atoms with Crippen molar-refractivity contribution in [2.24, 2.45) is 0 Å². The van der Waals surface area contributed by atoms with E-state index in [4.69, 9.17) is 5.26 Å². The number of nitrogens with zero attached hydrogens (tertiary/aromatic N) is 4. The van der Waals surface area contributed by atoms with Crippen molar-refractivity contribution in [2.45, 2.75) is 26.2 Å². The molecule has 0 saturated carbocycles. The Bertz CT molecular complexity index is 403. The smallest absolute Gasteiger partial charge is 0.238 e. The summed E-state index contributed by atoms with van der Waals surface area (Å²) in [4.78, 5) is 8.38. The molecule has 2 heterocycles. The van der Waals surface area contributed by atoms with Crippen LogP contribution >= 0.6 is 0 Å². The van der Waals surface area contributed by atoms with Crippen LogP contribution in [0.15, 0.2) is 6.07 Å². The summed E-state index contributed by atoms with van der Waals surface area (Å²) in [5.41, 5.74) is 4.38. The molecule has 1 N–H and O–H groups in total. The lowest BCUT2D eigenvalue weighted by atomic mass is 10.2. The third-order valence-corrected chi connectivity index (χ3v) is 2.58. The second-order valence-corrected chi connectivity index (χ2v) is 3.99. The standard InChI is InChI=1S/C11H15N5/c1-9-7-10(8-12)14-11(13-9)15-16-5-3-2-4-6-16/h7H,2-6H2,1H3,(H,13,14,15). The van der Waals surface area contributed by atoms with Gasteiger partial charge in [-0.2, -0.15) is 5.26 Å². The first kappa shape index (κ1) is 10.8. The van der Waals surface area contributed by atoms with Gasteiger partial charge in [0.15, 0.2) is 0 Å². The number of hydrogen-bond donors (Lipinski definition) is 1. The quantitative estimate of drug-likeness (QED) is 0.812. The zero-order valence-corrected chi connectivity index (χ0v) is 9.40. The van der Waals surface area contributed by atoms with Crippen molar-refractivity contribution in [3.05, 3.63) is 17.5 Å². The van der Waals surface area contributed by atoms with E-state index in [1.807, 2.05) is 13.0 Å². The molecule has 1 aliphatic rings. The summed E-state index contributed by atoms with van der Waals surface area (Å²) in [6.45, 7) is 3.89. The molecule has 5 heteroatoms. The third kappa shape index (κ3) is 2.67. The van der Waals surface area contributed by atoms with Crippen molar-refractivity contribution < 1.29 is 0 Å². The Kier molecular flexibility index (Phi) is 3.32. The minimum Gasteiger partial charge on any atom is -0.287 e. The van der Waals surface area contributed by atoms with E-state index in [2.05, 4.69) is 20.4 Å². The lowest BCUT2D eigenvalue weighted by Gasteiger charge is -2.26. The van der Waals surface area contributed by atoms with E-state index in [9.17, 15) is 0 Å². The van der Waals surface area contributed by atoms with Gasteiger partial charge in [0.2, 0.25) is 5.95 Å². The number of anilines is 1. The molecule has 1 aromatic heterocycles. The predicted molar refractivity (Wildman–Crippen MR) is 60.5 cm³/mol. The third-order valence-electron chi connectivity index (χ3n) is 2.58. The Morgan fingerprint density at radius 1 is 1.31 bits per heavy atom. The van der Waals surface area contributed by atoms with E-state index in [1.165, 1.54) is 19.3 Å². The molecule has 0 aliphatic carbocycles. The highest BCUT2D eigenvalue weighted by Gasteiger charge is 2.11. The summed E-state index contributed by atoms with van der Waals surface area (Å²) in [5, 5.41) is 10.9. The maximum absolute atomic E-state index is 8.81. The largest absolute Gasteiger partial charge is 0.287 e. The second kappa shape index (κ2) is 4.90. The highest BCUT2D eigenvalue weighted by atomic mass is 15.5. The van der Waals surface area contributed by atoms with Crippen LogP contribution in [-0.4, -0.2) is 28.1 Å². The lowest BCUT2D eigenvalue weighted by molar-refractivity contribution is 0.271. The Morgan fingerprint density at radius 2 is 2.06 bits per heavy atom. The van der Waals surface area contributed by atoms with Crippen LogP contribution in [0.2, 0.25) is 0 Å². The van der Waals surface area contributed by atoms with Crippen molar-refractivity contribution >= 4 is 5.95 Å². The van der Waals surface area contributed by atoms with Gasteiger partial charge in [0.1, 0.15) is 11.8 Å². The Morgan fingerprint density at radius 3 is 2.75 bits per heavy atom. The van der Waals surface area contributed by atoms with Crippen LogP contribution in [0.25, 0.3) is 0 Å². The maximum atomic E-state index is 8.81. The van der Waals surface area contributed by atoms with Gasteiger partial charge in [-0.1, -0.05) is 6.42 Å². The van der Waals surface area contributed by atoms with Crippen LogP contribution in [0.4, 0.5) is 5.95 Å². The number of hydrogen-bond acceptors (Lipinski definition) is 5. The van der Waals surface area contributed by atoms with E-state index in [0.717, 1.165) is 18.8 Å². The van der Waals surface area contributed by atoms with Gasteiger partial charge in [0.05, 0.1) is 0 Å². The molecule has 0 amide bonds. The zero-order valence-electron chi connectivity index (χ0n) is 9.40. The number of aromatic nitrogens is 2. The highest BCUT2D eigenvalue weighted by Crippen LogP contribution is 2.10. The zero-order chi connectivity index (χ0) is 11.4. The minimum absolute atomic E-state index is 0.409. The molecule has 5 nitrogen and oxygen atoms in total. The number of hydrazine groups is 1. The van der Waals surface area contributed by atoms with Crippen LogP contribution in [-0.2, 0) is 0 Å². The highest BCUT2D eigenvalue weighted by molar-refractivity contribution is 5.32. The van der Waals surface area contributed by atoms with Crippen molar-refractivity contribution in [1.82, 2.24) is 15.0 Å². The summed E-state index contributed by atoms with van der Waals surface area (Å²) in [6, 6.07) is 3.72. The molecule has 1 fully saturated rings. The first-order valence-corrected chi connectivity index (χ1v) is 5.55. The molecule has 0 radical (unpaired) electrons. The molecular weight excluding hydrogens is 202 g/mol. The fourth-order valence-electron chi connectivity index (χ4n) is 1.82. The minimum atomic E-state index is 0.409. The molecule has 84 valence electrons. The van der Waals surface area contributed by atoms with Gasteiger partial charge in [0, 0.05) is 18.8 Å². The molecule has 0 unspecified atom stereocenters. The maximum Gasteiger partial charge on any atom is 0.238 e. The predicted octanol–water partition coefficient (Wildman–Crippen LogP) is 1.47. The molecule has 1 saturated heterocycles. The monoisotopic (exact) mass is 217 g/mol. The normalized spacial score (nSPS) is 16.8. The van der Waals surface area contributed by atoms with Crippen molar-refractivity contribution in [3.8, 4) is 6.07 Å². The van der Waals surface area contributed by atoms with E-state index >= 15 is 0 Å². The van der Waals surface area contributed by atoms with Crippen molar-refractivity contribution in [3.63, 3.8) is 0 Å². The van der Waals surface area contributed by atoms with Crippen LogP contribution < -0.4 is 5.43 Å². The topological polar surface area (TPSA) is 64.8 Å². The summed E-state index contributed by atoms with van der Waals surface area (Å²) in [6.07, 6.45) is 3.68. The molecule has 1 aliphatic heterocycles. The van der Waals surface area contributed by atoms with Crippen molar-refractivity contribution in [1.29, 1.82) is 5.26 Å². The summed E-state index contributed by atoms with van der Waals surface area (Å²) < 4.78 is 0. The van der Waals surface area contributed by atoms with E-state index in [1.54, 1.807) is 6.07 Å². The van der Waals surface area contributed by atoms with Gasteiger partial charge in [0.25, 0.3) is 0 Å². The first-order chi connectivity index (χ1) is 7.78. The van der Waals surface area contributed by atoms with E-state index < -0.39 is 0 Å². The second-order valence-electron chi connectivity index (χ2n) is 3.99. The van der Waals surface area contributed by atoms with Gasteiger partial charge < -0.3 is 0 Å². The van der Waals surface area contributed by atoms with Gasteiger partial charge in [-0.25, -0.2) is 15.0 Å². The molecule has 0 aromatic carbocycles. The van der Waals surface area contributed by atoms with Crippen LogP contribution in [0.1, 0.15) is 30.7 Å². The molecular formula is C11H15N5. The first-order valence-electron chi connectivity index (χ1n) is 5.55. The van der Waals surface area contributed by atoms with Gasteiger partial charge in [-0.05, 0) is 25.8 Å². The summed E-state index contributed by atoms with van der Waals surface area (Å²) >= 11 is 0. The van der Waals surface area contributed by atoms with Gasteiger partial charge in [-0.3, -0.25) is 5.43 Å². The molecule has 0 bridgehead atoms. The van der Waals surface area contributed by atoms with Crippen molar-refractivity contribution in [2.75, 3.05) is 18.5 Å². The number of aryl methyl sites for hydroxylation is 1. The SMILES string of the molecule is Cc1cc(C#N)nc(NN2CCCCC2)n1. The van der Waals surface area contributed by atoms with Gasteiger partial charge in [-0.15, -0.1) is 0 Å². The van der Waals surface area contributed by atoms with Crippen LogP contribution in [0.5, 0.6) is 0 Å². The fraction of sp³-hybridized carbons (Fsp3) is 0.545. The molecule has 2 rings (SSSR count). The Labute approximate surface area is 95.1 Å². The van der Waals surface area contributed by atoms with Crippen LogP contribution in [0.3, 0.4) is 0 Å². The molecule has 1 aromatic rings. The lowest BCUT2D eigenvalue weighted by Crippen LogP contribution is -2.35. The molecule has 0 spiro atoms. The number of rotatable bonds is 2. The molecule has 16 heavy (non-hydrogen) atoms. The average Bonchev–Trinajstić information content (AvgIpc) is 2.29. The number of nitriles is 1. The van der Waals surface area contributed by atoms with E-state index in [-0.39, 0.29) is 0 Å². The molecule has 0 atom stereocenters. The number of piperidine rings is 1. The summed E-state index contributed by atoms with van der Waals surface area (Å²) in [5.74, 6) is 0.526. The van der Waals surface area contributed by atoms with Gasteiger partial charge >= 0.3 is 0 Å². The summed E-state index contributed by atoms with van der Waals surface area (Å²) in [7, 11) is 0. The Balaban J connectivity index is 2.08. The average molecular weight is 217 g/mol. The van der Waals surface area contributed by atoms with E-state index in [0.29, 0.717) is 11.6 Å². The number of nitrogens with one attached hydrogen (secondary N) is 1. The Hall–Kier alpha value is -1.67. The fourth-order valence-corrected chi connectivity index (χ4v) is 1.82. The van der Waals surface area contributed by atoms with Crippen LogP contribution in [0, 0.1) is 18.3 Å².